The summed E-state index contributed by atoms with van der Waals surface area (Å²) in [7, 11) is 0. The van der Waals surface area contributed by atoms with Crippen LogP contribution in [0.1, 0.15) is 328 Å². The third-order valence-electron chi connectivity index (χ3n) is 15.8. The number of hydrogen-bond acceptors (Lipinski definition) is 8. The molecule has 1 fully saturated rings. The van der Waals surface area contributed by atoms with E-state index >= 15 is 0 Å². The third-order valence-corrected chi connectivity index (χ3v) is 15.8. The van der Waals surface area contributed by atoms with Gasteiger partial charge in [-0.25, -0.2) is 0 Å². The van der Waals surface area contributed by atoms with Gasteiger partial charge in [0.25, 0.3) is 0 Å². The third kappa shape index (κ3) is 43.6. The summed E-state index contributed by atoms with van der Waals surface area (Å²) < 4.78 is 11.3. The van der Waals surface area contributed by atoms with Crippen molar-refractivity contribution in [3.8, 4) is 0 Å². The zero-order valence-corrected chi connectivity index (χ0v) is 48.9. The molecule has 1 heterocycles. The van der Waals surface area contributed by atoms with Gasteiger partial charge in [-0.15, -0.1) is 0 Å². The number of unbranched alkanes of at least 4 members (excludes halogenated alkanes) is 45. The van der Waals surface area contributed by atoms with Gasteiger partial charge in [-0.3, -0.25) is 4.79 Å². The molecule has 74 heavy (non-hydrogen) atoms. The average molecular weight is 1050 g/mol. The van der Waals surface area contributed by atoms with E-state index in [9.17, 15) is 30.3 Å². The van der Waals surface area contributed by atoms with Gasteiger partial charge in [0.2, 0.25) is 5.91 Å². The fourth-order valence-corrected chi connectivity index (χ4v) is 10.6. The first-order valence-electron chi connectivity index (χ1n) is 32.6. The number of hydrogen-bond donors (Lipinski definition) is 6. The smallest absolute Gasteiger partial charge is 0.220 e. The van der Waals surface area contributed by atoms with E-state index in [1.54, 1.807) is 6.08 Å². The van der Waals surface area contributed by atoms with Gasteiger partial charge in [0.15, 0.2) is 6.29 Å². The summed E-state index contributed by atoms with van der Waals surface area (Å²) in [5.74, 6) is -0.170. The molecule has 0 aromatic heterocycles. The molecule has 6 N–H and O–H groups in total. The summed E-state index contributed by atoms with van der Waals surface area (Å²) in [5.41, 5.74) is 0. The lowest BCUT2D eigenvalue weighted by atomic mass is 9.99. The Hall–Kier alpha value is -1.33. The minimum atomic E-state index is -1.57. The molecule has 1 saturated heterocycles. The number of aliphatic hydroxyl groups is 5. The maximum Gasteiger partial charge on any atom is 0.220 e. The lowest BCUT2D eigenvalue weighted by Gasteiger charge is -2.40. The average Bonchev–Trinajstić information content (AvgIpc) is 3.40. The minimum absolute atomic E-state index is 0.170. The summed E-state index contributed by atoms with van der Waals surface area (Å²) in [4.78, 5) is 13.1. The highest BCUT2D eigenvalue weighted by Gasteiger charge is 2.44. The molecule has 7 unspecified atom stereocenters. The number of ether oxygens (including phenoxy) is 2. The summed E-state index contributed by atoms with van der Waals surface area (Å²) in [6.45, 7) is 3.83. The predicted octanol–water partition coefficient (Wildman–Crippen LogP) is 16.9. The van der Waals surface area contributed by atoms with Crippen LogP contribution < -0.4 is 5.32 Å². The van der Waals surface area contributed by atoms with Gasteiger partial charge in [0, 0.05) is 6.42 Å². The molecule has 0 radical (unpaired) electrons. The molecule has 9 heteroatoms. The number of aliphatic hydroxyl groups excluding tert-OH is 5. The first kappa shape index (κ1) is 70.7. The molecule has 0 aliphatic carbocycles. The highest BCUT2D eigenvalue weighted by molar-refractivity contribution is 5.76. The molecule has 9 nitrogen and oxygen atoms in total. The Labute approximate surface area is 458 Å². The van der Waals surface area contributed by atoms with Crippen molar-refractivity contribution in [2.45, 2.75) is 371 Å². The Morgan fingerprint density at radius 2 is 0.757 bits per heavy atom. The number of amides is 1. The van der Waals surface area contributed by atoms with E-state index in [4.69, 9.17) is 9.47 Å². The van der Waals surface area contributed by atoms with Crippen molar-refractivity contribution < 1.29 is 39.8 Å². The van der Waals surface area contributed by atoms with E-state index in [2.05, 4.69) is 31.3 Å². The Kier molecular flexibility index (Phi) is 52.5. The van der Waals surface area contributed by atoms with E-state index in [0.717, 1.165) is 38.5 Å². The van der Waals surface area contributed by atoms with Gasteiger partial charge < -0.3 is 40.3 Å². The van der Waals surface area contributed by atoms with Crippen molar-refractivity contribution >= 4 is 5.91 Å². The van der Waals surface area contributed by atoms with Crippen LogP contribution >= 0.6 is 0 Å². The number of carbonyl (C=O) groups excluding carboxylic acids is 1. The zero-order chi connectivity index (χ0) is 53.6. The normalized spacial score (nSPS) is 19.0. The van der Waals surface area contributed by atoms with Gasteiger partial charge in [-0.1, -0.05) is 301 Å². The second-order valence-corrected chi connectivity index (χ2v) is 22.9. The molecule has 0 saturated carbocycles. The fourth-order valence-electron chi connectivity index (χ4n) is 10.6. The first-order valence-corrected chi connectivity index (χ1v) is 32.6. The molecular formula is C65H125NO8. The fraction of sp³-hybridized carbons (Fsp3) is 0.923. The van der Waals surface area contributed by atoms with Gasteiger partial charge in [0.05, 0.1) is 25.4 Å². The molecule has 1 aliphatic heterocycles. The van der Waals surface area contributed by atoms with Crippen molar-refractivity contribution in [3.05, 3.63) is 24.3 Å². The van der Waals surface area contributed by atoms with Crippen LogP contribution in [0.25, 0.3) is 0 Å². The topological polar surface area (TPSA) is 149 Å². The summed E-state index contributed by atoms with van der Waals surface area (Å²) >= 11 is 0. The van der Waals surface area contributed by atoms with Gasteiger partial charge in [-0.05, 0) is 44.9 Å². The second-order valence-electron chi connectivity index (χ2n) is 22.9. The van der Waals surface area contributed by atoms with Crippen molar-refractivity contribution in [2.24, 2.45) is 0 Å². The number of allylic oxidation sites excluding steroid dienone is 3. The standard InChI is InChI=1S/C65H125NO8/c1-3-5-7-9-11-13-15-17-19-21-23-25-27-28-29-30-31-32-33-35-37-39-41-43-45-47-49-51-53-55-61(69)66-58(57-73-65-64(72)63(71)62(70)60(56-67)74-65)59(68)54-52-50-48-46-44-42-40-38-36-34-26-24-22-20-18-16-14-12-10-8-6-4-2/h21,23,52,54,58-60,62-65,67-68,70-72H,3-20,22,24-51,53,55-57H2,1-2H3,(H,66,69)/b23-21-,54-52+. The van der Waals surface area contributed by atoms with E-state index in [1.807, 2.05) is 6.08 Å². The van der Waals surface area contributed by atoms with Crippen LogP contribution in [0.3, 0.4) is 0 Å². The Morgan fingerprint density at radius 3 is 1.09 bits per heavy atom. The van der Waals surface area contributed by atoms with Crippen molar-refractivity contribution in [1.82, 2.24) is 5.32 Å². The quantitative estimate of drug-likeness (QED) is 0.0261. The van der Waals surface area contributed by atoms with Crippen LogP contribution in [0.4, 0.5) is 0 Å². The van der Waals surface area contributed by atoms with Crippen molar-refractivity contribution in [3.63, 3.8) is 0 Å². The van der Waals surface area contributed by atoms with Crippen LogP contribution in [0.5, 0.6) is 0 Å². The maximum absolute atomic E-state index is 13.1. The van der Waals surface area contributed by atoms with E-state index in [0.29, 0.717) is 6.42 Å². The summed E-state index contributed by atoms with van der Waals surface area (Å²) in [6.07, 6.45) is 64.1. The summed E-state index contributed by atoms with van der Waals surface area (Å²) in [5, 5.41) is 54.7. The molecule has 0 aromatic carbocycles. The highest BCUT2D eigenvalue weighted by atomic mass is 16.7. The number of carbonyl (C=O) groups is 1. The monoisotopic (exact) mass is 1050 g/mol. The zero-order valence-electron chi connectivity index (χ0n) is 48.9. The maximum atomic E-state index is 13.1. The summed E-state index contributed by atoms with van der Waals surface area (Å²) in [6, 6.07) is -0.803. The lowest BCUT2D eigenvalue weighted by Crippen LogP contribution is -2.60. The van der Waals surface area contributed by atoms with E-state index in [1.165, 1.54) is 270 Å². The van der Waals surface area contributed by atoms with Gasteiger partial charge >= 0.3 is 0 Å². The van der Waals surface area contributed by atoms with Crippen LogP contribution in [0.15, 0.2) is 24.3 Å². The van der Waals surface area contributed by atoms with Crippen LogP contribution in [-0.2, 0) is 14.3 Å². The molecule has 438 valence electrons. The predicted molar refractivity (Wildman–Crippen MR) is 314 cm³/mol. The largest absolute Gasteiger partial charge is 0.394 e. The number of rotatable bonds is 57. The molecule has 0 aromatic rings. The van der Waals surface area contributed by atoms with Gasteiger partial charge in [0.1, 0.15) is 24.4 Å². The van der Waals surface area contributed by atoms with Crippen LogP contribution in [-0.4, -0.2) is 87.5 Å². The Balaban J connectivity index is 2.15. The number of nitrogens with one attached hydrogen (secondary N) is 1. The Morgan fingerprint density at radius 1 is 0.446 bits per heavy atom. The molecule has 0 spiro atoms. The van der Waals surface area contributed by atoms with E-state index < -0.39 is 49.5 Å². The highest BCUT2D eigenvalue weighted by Crippen LogP contribution is 2.23. The molecule has 1 rings (SSSR count). The minimum Gasteiger partial charge on any atom is -0.394 e. The van der Waals surface area contributed by atoms with E-state index in [-0.39, 0.29) is 12.5 Å². The van der Waals surface area contributed by atoms with Crippen LogP contribution in [0.2, 0.25) is 0 Å². The van der Waals surface area contributed by atoms with Gasteiger partial charge in [-0.2, -0.15) is 0 Å². The van der Waals surface area contributed by atoms with Crippen LogP contribution in [0, 0.1) is 0 Å². The molecule has 7 atom stereocenters. The van der Waals surface area contributed by atoms with Crippen molar-refractivity contribution in [1.29, 1.82) is 0 Å². The molecule has 0 bridgehead atoms. The SMILES string of the molecule is CCCCCCCCCC/C=C\CCCCCCCCCCCCCCCCCCCC(=O)NC(COC1OC(CO)C(O)C(O)C1O)C(O)/C=C/CCCCCCCCCCCCCCCCCCCCCC. The molecule has 1 amide bonds. The molecule has 1 aliphatic rings. The Bertz CT molecular complexity index is 1210. The molecular weight excluding hydrogens is 923 g/mol. The van der Waals surface area contributed by atoms with Crippen molar-refractivity contribution in [2.75, 3.05) is 13.2 Å². The second kappa shape index (κ2) is 55.0. The lowest BCUT2D eigenvalue weighted by molar-refractivity contribution is -0.302. The first-order chi connectivity index (χ1) is 36.3.